The van der Waals surface area contributed by atoms with Gasteiger partial charge in [-0.05, 0) is 70.5 Å². The second-order valence-electron chi connectivity index (χ2n) is 16.4. The molecule has 1 heterocycles. The van der Waals surface area contributed by atoms with E-state index in [0.29, 0.717) is 0 Å². The minimum atomic E-state index is 0.790. The monoisotopic (exact) mass is 809 g/mol. The molecule has 0 spiro atoms. The molecule has 0 saturated carbocycles. The van der Waals surface area contributed by atoms with Crippen molar-refractivity contribution in [3.63, 3.8) is 0 Å². The van der Waals surface area contributed by atoms with Crippen molar-refractivity contribution >= 4 is 22.8 Å². The molecule has 1 aromatic heterocycles. The Hall–Kier alpha value is -4.48. The highest BCUT2D eigenvalue weighted by molar-refractivity contribution is 7.00. The van der Waals surface area contributed by atoms with Crippen molar-refractivity contribution in [3.8, 4) is 56.0 Å². The van der Waals surface area contributed by atoms with Crippen LogP contribution in [0.5, 0.6) is 11.5 Å². The van der Waals surface area contributed by atoms with Gasteiger partial charge in [0, 0.05) is 11.1 Å². The van der Waals surface area contributed by atoms with Gasteiger partial charge >= 0.3 is 0 Å². The fourth-order valence-corrected chi connectivity index (χ4v) is 8.64. The van der Waals surface area contributed by atoms with E-state index >= 15 is 0 Å². The molecule has 0 bridgehead atoms. The second kappa shape index (κ2) is 25.2. The summed E-state index contributed by atoms with van der Waals surface area (Å²) in [5, 5.41) is 0. The van der Waals surface area contributed by atoms with Crippen molar-refractivity contribution in [1.29, 1.82) is 0 Å². The van der Waals surface area contributed by atoms with Gasteiger partial charge in [-0.25, -0.2) is 0 Å². The van der Waals surface area contributed by atoms with Gasteiger partial charge in [0.2, 0.25) is 0 Å². The van der Waals surface area contributed by atoms with Crippen LogP contribution in [0.25, 0.3) is 55.5 Å². The Morgan fingerprint density at radius 3 is 0.915 bits per heavy atom. The molecule has 6 aromatic rings. The zero-order valence-electron chi connectivity index (χ0n) is 36.1. The fourth-order valence-electron chi connectivity index (χ4n) is 8.06. The largest absolute Gasteiger partial charge is 0.494 e. The van der Waals surface area contributed by atoms with E-state index in [1.165, 1.54) is 150 Å². The van der Waals surface area contributed by atoms with Crippen LogP contribution in [0.15, 0.2) is 109 Å². The molecule has 4 nitrogen and oxygen atoms in total. The van der Waals surface area contributed by atoms with Crippen LogP contribution in [-0.4, -0.2) is 22.0 Å². The molecule has 0 aliphatic heterocycles. The van der Waals surface area contributed by atoms with Crippen LogP contribution in [0.2, 0.25) is 0 Å². The first-order chi connectivity index (χ1) is 29.2. The van der Waals surface area contributed by atoms with Crippen LogP contribution in [0.1, 0.15) is 142 Å². The first-order valence-electron chi connectivity index (χ1n) is 23.2. The third-order valence-electron chi connectivity index (χ3n) is 11.7. The van der Waals surface area contributed by atoms with E-state index in [1.54, 1.807) is 0 Å². The lowest BCUT2D eigenvalue weighted by molar-refractivity contribution is 0.304. The third-order valence-corrected chi connectivity index (χ3v) is 12.2. The highest BCUT2D eigenvalue weighted by Crippen LogP contribution is 2.36. The molecule has 59 heavy (non-hydrogen) atoms. The smallest absolute Gasteiger partial charge is 0.119 e. The molecule has 0 amide bonds. The molecule has 0 N–H and O–H groups in total. The first kappa shape index (κ1) is 44.1. The predicted molar refractivity (Wildman–Crippen MR) is 254 cm³/mol. The van der Waals surface area contributed by atoms with Crippen LogP contribution in [0, 0.1) is 0 Å². The van der Waals surface area contributed by atoms with E-state index < -0.39 is 0 Å². The summed E-state index contributed by atoms with van der Waals surface area (Å²) in [6, 6.07) is 39.0. The molecule has 0 atom stereocenters. The molecule has 6 rings (SSSR count). The molecule has 5 aromatic carbocycles. The first-order valence-corrected chi connectivity index (χ1v) is 23.9. The van der Waals surface area contributed by atoms with Crippen LogP contribution in [0.3, 0.4) is 0 Å². The molecule has 0 aliphatic rings. The van der Waals surface area contributed by atoms with Gasteiger partial charge in [0.1, 0.15) is 22.5 Å². The van der Waals surface area contributed by atoms with Gasteiger partial charge in [-0.15, -0.1) is 0 Å². The number of unbranched alkanes of at least 4 members (excludes halogenated alkanes) is 18. The molecule has 5 heteroatoms. The molecule has 0 fully saturated rings. The number of benzene rings is 5. The Kier molecular flexibility index (Phi) is 18.8. The van der Waals surface area contributed by atoms with Crippen LogP contribution in [0.4, 0.5) is 0 Å². The fraction of sp³-hybridized carbons (Fsp3) is 0.444. The number of ether oxygens (including phenoxy) is 2. The molecule has 0 saturated heterocycles. The Morgan fingerprint density at radius 2 is 0.593 bits per heavy atom. The number of hydrogen-bond donors (Lipinski definition) is 0. The lowest BCUT2D eigenvalue weighted by atomic mass is 9.95. The third kappa shape index (κ3) is 14.1. The van der Waals surface area contributed by atoms with E-state index in [4.69, 9.17) is 18.2 Å². The van der Waals surface area contributed by atoms with Crippen molar-refractivity contribution in [2.45, 2.75) is 142 Å². The molecule has 0 unspecified atom stereocenters. The summed E-state index contributed by atoms with van der Waals surface area (Å²) in [6.07, 6.45) is 26.7. The van der Waals surface area contributed by atoms with Gasteiger partial charge in [-0.3, -0.25) is 0 Å². The average molecular weight is 809 g/mol. The van der Waals surface area contributed by atoms with E-state index in [9.17, 15) is 0 Å². The Bertz CT molecular complexity index is 1890. The van der Waals surface area contributed by atoms with Crippen LogP contribution in [-0.2, 0) is 0 Å². The summed E-state index contributed by atoms with van der Waals surface area (Å²) < 4.78 is 21.7. The zero-order chi connectivity index (χ0) is 40.7. The average Bonchev–Trinajstić information content (AvgIpc) is 3.78. The second-order valence-corrected chi connectivity index (χ2v) is 16.9. The molecule has 0 aliphatic carbocycles. The van der Waals surface area contributed by atoms with Crippen molar-refractivity contribution in [2.75, 3.05) is 13.2 Å². The van der Waals surface area contributed by atoms with Crippen LogP contribution < -0.4 is 9.47 Å². The highest BCUT2D eigenvalue weighted by atomic mass is 32.1. The molecular weight excluding hydrogens is 741 g/mol. The van der Waals surface area contributed by atoms with E-state index in [-0.39, 0.29) is 0 Å². The Balaban J connectivity index is 0.952. The lowest BCUT2D eigenvalue weighted by Crippen LogP contribution is -1.97. The van der Waals surface area contributed by atoms with Gasteiger partial charge in [-0.1, -0.05) is 214 Å². The minimum Gasteiger partial charge on any atom is -0.494 e. The Labute approximate surface area is 360 Å². The summed E-state index contributed by atoms with van der Waals surface area (Å²) in [4.78, 5) is 0. The standard InChI is InChI=1S/C54H68N2O2S/c1-3-5-7-9-11-13-15-17-19-21-41-57-49-35-31-45(32-36-49)43-23-27-47(28-24-43)51-39-40-52(54-53(51)55-59-56-54)48-29-25-44(26-30-48)46-33-37-50(38-34-46)58-42-22-20-18-16-14-12-10-8-6-4-2/h23-40H,3-22,41-42H2,1-2H3. The normalized spacial score (nSPS) is 11.4. The maximum Gasteiger partial charge on any atom is 0.119 e. The predicted octanol–water partition coefficient (Wildman–Crippen LogP) is 17.0. The summed E-state index contributed by atoms with van der Waals surface area (Å²) in [7, 11) is 0. The Morgan fingerprint density at radius 1 is 0.322 bits per heavy atom. The maximum atomic E-state index is 6.07. The summed E-state index contributed by atoms with van der Waals surface area (Å²) in [5.74, 6) is 1.90. The molecule has 0 radical (unpaired) electrons. The van der Waals surface area contributed by atoms with Gasteiger partial charge in [0.25, 0.3) is 0 Å². The van der Waals surface area contributed by atoms with Gasteiger partial charge < -0.3 is 9.47 Å². The van der Waals surface area contributed by atoms with Gasteiger partial charge in [-0.2, -0.15) is 8.75 Å². The summed E-state index contributed by atoms with van der Waals surface area (Å²) >= 11 is 1.28. The zero-order valence-corrected chi connectivity index (χ0v) is 36.9. The topological polar surface area (TPSA) is 44.2 Å². The van der Waals surface area contributed by atoms with Crippen molar-refractivity contribution < 1.29 is 9.47 Å². The van der Waals surface area contributed by atoms with Crippen molar-refractivity contribution in [2.24, 2.45) is 0 Å². The van der Waals surface area contributed by atoms with Gasteiger partial charge in [0.05, 0.1) is 24.9 Å². The minimum absolute atomic E-state index is 0.790. The van der Waals surface area contributed by atoms with Crippen LogP contribution >= 0.6 is 11.7 Å². The van der Waals surface area contributed by atoms with E-state index in [2.05, 4.69) is 123 Å². The number of aromatic nitrogens is 2. The van der Waals surface area contributed by atoms with Gasteiger partial charge in [0.15, 0.2) is 0 Å². The number of fused-ring (bicyclic) bond motifs is 1. The molecule has 312 valence electrons. The van der Waals surface area contributed by atoms with Crippen molar-refractivity contribution in [3.05, 3.63) is 109 Å². The lowest BCUT2D eigenvalue weighted by Gasteiger charge is -2.10. The molecular formula is C54H68N2O2S. The highest BCUT2D eigenvalue weighted by Gasteiger charge is 2.14. The van der Waals surface area contributed by atoms with Crippen molar-refractivity contribution in [1.82, 2.24) is 8.75 Å². The van der Waals surface area contributed by atoms with E-state index in [1.807, 2.05) is 0 Å². The number of hydrogen-bond acceptors (Lipinski definition) is 5. The number of rotatable bonds is 28. The SMILES string of the molecule is CCCCCCCCCCCCOc1ccc(-c2ccc(-c3ccc(-c4ccc(-c5ccc(OCCCCCCCCCCCC)cc5)cc4)c4nsnc34)cc2)cc1. The van der Waals surface area contributed by atoms with E-state index in [0.717, 1.165) is 70.8 Å². The quantitative estimate of drug-likeness (QED) is 0.0463. The number of nitrogens with zero attached hydrogens (tertiary/aromatic N) is 2. The summed E-state index contributed by atoms with van der Waals surface area (Å²) in [5.41, 5.74) is 11.1. The summed E-state index contributed by atoms with van der Waals surface area (Å²) in [6.45, 7) is 6.14. The maximum absolute atomic E-state index is 6.07.